The molecule has 2 aliphatic heterocycles. The number of hydrogen-bond acceptors (Lipinski definition) is 5. The Bertz CT molecular complexity index is 1310. The number of hydrogen-bond donors (Lipinski definition) is 1. The van der Waals surface area contributed by atoms with E-state index < -0.39 is 0 Å². The normalized spacial score (nSPS) is 17.4. The first kappa shape index (κ1) is 28.1. The van der Waals surface area contributed by atoms with Crippen molar-refractivity contribution < 1.29 is 9.18 Å². The fraction of sp³-hybridized carbons (Fsp3) is 0.379. The van der Waals surface area contributed by atoms with E-state index in [1.54, 1.807) is 24.4 Å². The first-order valence-electron chi connectivity index (χ1n) is 13.2. The summed E-state index contributed by atoms with van der Waals surface area (Å²) < 4.78 is 13.8. The Morgan fingerprint density at radius 1 is 0.923 bits per heavy atom. The van der Waals surface area contributed by atoms with Gasteiger partial charge in [-0.05, 0) is 67.4 Å². The van der Waals surface area contributed by atoms with Crippen LogP contribution in [-0.2, 0) is 13.1 Å². The zero-order valence-electron chi connectivity index (χ0n) is 21.6. The maximum atomic E-state index is 13.8. The standard InChI is InChI=1S/C29H31Cl3FN5O/c30-23-3-1-2-20(14-23)17-35-29(39)22-16-26(32)28(34-18-22)38-12-10-37(11-13-38)24-6-8-36(9-7-24)19-21-4-5-25(31)27(33)15-21/h1-5,14-16,18,24H,6-13,17,19H2,(H,35,39). The van der Waals surface area contributed by atoms with E-state index in [9.17, 15) is 9.18 Å². The number of likely N-dealkylation sites (tertiary alicyclic amines) is 1. The Morgan fingerprint density at radius 2 is 1.69 bits per heavy atom. The van der Waals surface area contributed by atoms with E-state index in [1.807, 2.05) is 24.3 Å². The fourth-order valence-corrected chi connectivity index (χ4v) is 5.97. The van der Waals surface area contributed by atoms with Gasteiger partial charge in [0.25, 0.3) is 5.91 Å². The second kappa shape index (κ2) is 12.8. The third-order valence-corrected chi connectivity index (χ3v) is 8.32. The highest BCUT2D eigenvalue weighted by atomic mass is 35.5. The van der Waals surface area contributed by atoms with Crippen molar-refractivity contribution >= 4 is 46.5 Å². The number of carbonyl (C=O) groups excluding carboxylic acids is 1. The molecule has 0 unspecified atom stereocenters. The minimum atomic E-state index is -0.358. The first-order valence-corrected chi connectivity index (χ1v) is 14.3. The van der Waals surface area contributed by atoms with E-state index in [1.165, 1.54) is 6.07 Å². The van der Waals surface area contributed by atoms with E-state index >= 15 is 0 Å². The number of nitrogens with one attached hydrogen (secondary N) is 1. The summed E-state index contributed by atoms with van der Waals surface area (Å²) in [7, 11) is 0. The van der Waals surface area contributed by atoms with Crippen molar-refractivity contribution in [2.24, 2.45) is 0 Å². The lowest BCUT2D eigenvalue weighted by atomic mass is 10.0. The number of carbonyl (C=O) groups is 1. The lowest BCUT2D eigenvalue weighted by Crippen LogP contribution is -2.53. The van der Waals surface area contributed by atoms with Crippen LogP contribution in [0.1, 0.15) is 34.3 Å². The highest BCUT2D eigenvalue weighted by molar-refractivity contribution is 6.33. The van der Waals surface area contributed by atoms with Crippen LogP contribution in [0.2, 0.25) is 15.1 Å². The van der Waals surface area contributed by atoms with Crippen molar-refractivity contribution in [3.63, 3.8) is 0 Å². The summed E-state index contributed by atoms with van der Waals surface area (Å²) in [6.45, 7) is 6.63. The number of piperidine rings is 1. The SMILES string of the molecule is O=C(NCc1cccc(Cl)c1)c1cnc(N2CCN(C3CCN(Cc4ccc(Cl)c(F)c4)CC3)CC2)c(Cl)c1. The number of aromatic nitrogens is 1. The third kappa shape index (κ3) is 7.21. The molecule has 1 amide bonds. The quantitative estimate of drug-likeness (QED) is 0.372. The summed E-state index contributed by atoms with van der Waals surface area (Å²) in [6.07, 6.45) is 3.77. The lowest BCUT2D eigenvalue weighted by molar-refractivity contribution is 0.0950. The van der Waals surface area contributed by atoms with Crippen molar-refractivity contribution in [3.8, 4) is 0 Å². The zero-order valence-corrected chi connectivity index (χ0v) is 23.8. The van der Waals surface area contributed by atoms with Crippen LogP contribution in [0.15, 0.2) is 54.7 Å². The molecule has 0 aliphatic carbocycles. The number of piperazine rings is 1. The van der Waals surface area contributed by atoms with Gasteiger partial charge in [-0.1, -0.05) is 53.0 Å². The molecule has 0 radical (unpaired) electrons. The molecule has 3 aromatic rings. The largest absolute Gasteiger partial charge is 0.353 e. The van der Waals surface area contributed by atoms with Gasteiger partial charge in [-0.25, -0.2) is 9.37 Å². The van der Waals surface area contributed by atoms with E-state index in [0.717, 1.165) is 69.8 Å². The molecule has 0 saturated carbocycles. The Kier molecular flexibility index (Phi) is 9.25. The van der Waals surface area contributed by atoms with Gasteiger partial charge >= 0.3 is 0 Å². The van der Waals surface area contributed by atoms with Gasteiger partial charge in [-0.15, -0.1) is 0 Å². The van der Waals surface area contributed by atoms with Crippen LogP contribution in [0.25, 0.3) is 0 Å². The van der Waals surface area contributed by atoms with Crippen LogP contribution >= 0.6 is 34.8 Å². The second-order valence-corrected chi connectivity index (χ2v) is 11.4. The van der Waals surface area contributed by atoms with Gasteiger partial charge in [0.1, 0.15) is 11.6 Å². The molecule has 2 saturated heterocycles. The van der Waals surface area contributed by atoms with E-state index in [-0.39, 0.29) is 16.7 Å². The van der Waals surface area contributed by atoms with Crippen molar-refractivity contribution in [2.75, 3.05) is 44.2 Å². The van der Waals surface area contributed by atoms with Crippen molar-refractivity contribution in [1.29, 1.82) is 0 Å². The molecule has 0 spiro atoms. The Labute approximate surface area is 243 Å². The molecule has 10 heteroatoms. The number of benzene rings is 2. The number of halogens is 4. The fourth-order valence-electron chi connectivity index (χ4n) is 5.36. The summed E-state index contributed by atoms with van der Waals surface area (Å²) in [6, 6.07) is 14.7. The average molecular weight is 591 g/mol. The first-order chi connectivity index (χ1) is 18.9. The molecule has 3 heterocycles. The average Bonchev–Trinajstić information content (AvgIpc) is 2.94. The maximum Gasteiger partial charge on any atom is 0.253 e. The molecule has 1 aromatic heterocycles. The molecule has 0 bridgehead atoms. The number of rotatable bonds is 7. The highest BCUT2D eigenvalue weighted by Crippen LogP contribution is 2.27. The van der Waals surface area contributed by atoms with Crippen LogP contribution in [0.4, 0.5) is 10.2 Å². The summed E-state index contributed by atoms with van der Waals surface area (Å²) in [5.74, 6) is 0.129. The molecule has 2 aliphatic rings. The lowest BCUT2D eigenvalue weighted by Gasteiger charge is -2.43. The molecule has 0 atom stereocenters. The van der Waals surface area contributed by atoms with E-state index in [2.05, 4.69) is 25.0 Å². The van der Waals surface area contributed by atoms with Crippen molar-refractivity contribution in [3.05, 3.63) is 92.3 Å². The van der Waals surface area contributed by atoms with E-state index in [0.29, 0.717) is 34.0 Å². The minimum absolute atomic E-state index is 0.166. The Balaban J connectivity index is 1.08. The van der Waals surface area contributed by atoms with Crippen LogP contribution in [0.3, 0.4) is 0 Å². The maximum absolute atomic E-state index is 13.8. The number of amides is 1. The summed E-state index contributed by atoms with van der Waals surface area (Å²) in [5.41, 5.74) is 2.31. The van der Waals surface area contributed by atoms with Gasteiger partial charge in [-0.2, -0.15) is 0 Å². The summed E-state index contributed by atoms with van der Waals surface area (Å²) >= 11 is 18.4. The predicted octanol–water partition coefficient (Wildman–Crippen LogP) is 5.90. The molecule has 206 valence electrons. The molecular formula is C29H31Cl3FN5O. The smallest absolute Gasteiger partial charge is 0.253 e. The molecule has 39 heavy (non-hydrogen) atoms. The number of pyridine rings is 1. The van der Waals surface area contributed by atoms with Crippen LogP contribution < -0.4 is 10.2 Å². The van der Waals surface area contributed by atoms with E-state index in [4.69, 9.17) is 34.8 Å². The summed E-state index contributed by atoms with van der Waals surface area (Å²) in [4.78, 5) is 24.3. The van der Waals surface area contributed by atoms with Gasteiger partial charge in [0.05, 0.1) is 15.6 Å². The molecule has 2 aromatic carbocycles. The molecule has 2 fully saturated rings. The zero-order chi connectivity index (χ0) is 27.4. The Morgan fingerprint density at radius 3 is 2.38 bits per heavy atom. The summed E-state index contributed by atoms with van der Waals surface area (Å²) in [5, 5.41) is 4.17. The van der Waals surface area contributed by atoms with Gasteiger partial charge < -0.3 is 10.2 Å². The third-order valence-electron chi connectivity index (χ3n) is 7.50. The van der Waals surface area contributed by atoms with Gasteiger partial charge in [0.2, 0.25) is 0 Å². The van der Waals surface area contributed by atoms with Crippen LogP contribution in [0, 0.1) is 5.82 Å². The molecule has 1 N–H and O–H groups in total. The van der Waals surface area contributed by atoms with Crippen LogP contribution in [-0.4, -0.2) is 66.0 Å². The molecule has 6 nitrogen and oxygen atoms in total. The van der Waals surface area contributed by atoms with Gasteiger partial charge in [0.15, 0.2) is 0 Å². The van der Waals surface area contributed by atoms with Gasteiger partial charge in [0, 0.05) is 56.5 Å². The van der Waals surface area contributed by atoms with Crippen molar-refractivity contribution in [2.45, 2.75) is 32.0 Å². The Hall–Kier alpha value is -2.42. The topological polar surface area (TPSA) is 51.7 Å². The predicted molar refractivity (Wildman–Crippen MR) is 155 cm³/mol. The monoisotopic (exact) mass is 589 g/mol. The second-order valence-electron chi connectivity index (χ2n) is 10.1. The van der Waals surface area contributed by atoms with Crippen molar-refractivity contribution in [1.82, 2.24) is 20.1 Å². The number of nitrogens with zero attached hydrogens (tertiary/aromatic N) is 4. The number of anilines is 1. The highest BCUT2D eigenvalue weighted by Gasteiger charge is 2.28. The van der Waals surface area contributed by atoms with Gasteiger partial charge in [-0.3, -0.25) is 14.6 Å². The molecule has 5 rings (SSSR count). The molecular weight excluding hydrogens is 560 g/mol. The minimum Gasteiger partial charge on any atom is -0.353 e. The van der Waals surface area contributed by atoms with Crippen LogP contribution in [0.5, 0.6) is 0 Å².